The second kappa shape index (κ2) is 14.8. The third kappa shape index (κ3) is 8.29. The first kappa shape index (κ1) is 21.7. The highest BCUT2D eigenvalue weighted by Gasteiger charge is 2.18. The number of nitrogens with zero attached hydrogens (tertiary/aromatic N) is 1. The van der Waals surface area contributed by atoms with Crippen LogP contribution in [0.15, 0.2) is 61.0 Å². The highest BCUT2D eigenvalue weighted by atomic mass is 14.6. The van der Waals surface area contributed by atoms with Gasteiger partial charge in [0.25, 0.3) is 0 Å². The maximum atomic E-state index is 4.21. The van der Waals surface area contributed by atoms with Crippen molar-refractivity contribution in [2.45, 2.75) is 54.4 Å². The van der Waals surface area contributed by atoms with E-state index in [0.29, 0.717) is 11.8 Å². The van der Waals surface area contributed by atoms with Crippen LogP contribution in [0.25, 0.3) is 0 Å². The van der Waals surface area contributed by atoms with Gasteiger partial charge in [0.1, 0.15) is 0 Å². The minimum absolute atomic E-state index is 0.359. The van der Waals surface area contributed by atoms with E-state index in [4.69, 9.17) is 0 Å². The molecular weight excluding hydrogens is 254 g/mol. The molecule has 0 aliphatic heterocycles. The highest BCUT2D eigenvalue weighted by molar-refractivity contribution is 5.35. The van der Waals surface area contributed by atoms with E-state index in [1.807, 2.05) is 65.2 Å². The lowest BCUT2D eigenvalue weighted by Crippen LogP contribution is -2.09. The molecule has 1 heteroatoms. The zero-order valence-corrected chi connectivity index (χ0v) is 14.9. The van der Waals surface area contributed by atoms with Crippen molar-refractivity contribution in [2.24, 2.45) is 5.92 Å². The fourth-order valence-electron chi connectivity index (χ4n) is 2.03. The van der Waals surface area contributed by atoms with E-state index in [0.717, 1.165) is 0 Å². The molecule has 1 unspecified atom stereocenters. The molecule has 1 heterocycles. The lowest BCUT2D eigenvalue weighted by atomic mass is 9.82. The van der Waals surface area contributed by atoms with Gasteiger partial charge in [0.05, 0.1) is 0 Å². The monoisotopic (exact) mass is 287 g/mol. The summed E-state index contributed by atoms with van der Waals surface area (Å²) in [6.07, 6.45) is 11.9. The fourth-order valence-corrected chi connectivity index (χ4v) is 2.03. The van der Waals surface area contributed by atoms with Crippen molar-refractivity contribution in [3.63, 3.8) is 0 Å². The van der Waals surface area contributed by atoms with Gasteiger partial charge in [0.2, 0.25) is 0 Å². The van der Waals surface area contributed by atoms with Gasteiger partial charge < -0.3 is 0 Å². The van der Waals surface area contributed by atoms with Crippen molar-refractivity contribution >= 4 is 0 Å². The molecule has 0 spiro atoms. The van der Waals surface area contributed by atoms with Crippen molar-refractivity contribution in [1.82, 2.24) is 4.98 Å². The van der Waals surface area contributed by atoms with E-state index in [9.17, 15) is 0 Å². The Morgan fingerprint density at radius 2 is 1.81 bits per heavy atom. The van der Waals surface area contributed by atoms with Crippen LogP contribution in [0.1, 0.15) is 59.9 Å². The summed E-state index contributed by atoms with van der Waals surface area (Å²) in [7, 11) is 0. The Labute approximate surface area is 132 Å². The first-order valence-corrected chi connectivity index (χ1v) is 8.06. The van der Waals surface area contributed by atoms with E-state index in [1.165, 1.54) is 11.1 Å². The molecule has 1 aromatic heterocycles. The third-order valence-electron chi connectivity index (χ3n) is 2.79. The van der Waals surface area contributed by atoms with Crippen LogP contribution in [-0.4, -0.2) is 4.98 Å². The zero-order valence-electron chi connectivity index (χ0n) is 14.9. The lowest BCUT2D eigenvalue weighted by Gasteiger charge is -2.22. The SMILES string of the molecule is C=C/C(=C\C=C/C)C(c1cccnc1)C(C)C.CC.CC. The van der Waals surface area contributed by atoms with E-state index < -0.39 is 0 Å². The average molecular weight is 287 g/mol. The summed E-state index contributed by atoms with van der Waals surface area (Å²) >= 11 is 0. The van der Waals surface area contributed by atoms with Crippen LogP contribution in [0.2, 0.25) is 0 Å². The molecule has 0 saturated carbocycles. The molecule has 1 atom stereocenters. The van der Waals surface area contributed by atoms with Gasteiger partial charge in [0, 0.05) is 18.3 Å². The van der Waals surface area contributed by atoms with Gasteiger partial charge in [0.15, 0.2) is 0 Å². The smallest absolute Gasteiger partial charge is 0.0306 e. The topological polar surface area (TPSA) is 12.9 Å². The first-order chi connectivity index (χ1) is 10.2. The van der Waals surface area contributed by atoms with Gasteiger partial charge in [-0.2, -0.15) is 0 Å². The van der Waals surface area contributed by atoms with Crippen LogP contribution in [0.4, 0.5) is 0 Å². The summed E-state index contributed by atoms with van der Waals surface area (Å²) in [5, 5.41) is 0. The van der Waals surface area contributed by atoms with Crippen molar-refractivity contribution in [3.05, 3.63) is 66.5 Å². The molecule has 0 saturated heterocycles. The molecule has 118 valence electrons. The second-order valence-electron chi connectivity index (χ2n) is 4.40. The van der Waals surface area contributed by atoms with Crippen molar-refractivity contribution in [2.75, 3.05) is 0 Å². The van der Waals surface area contributed by atoms with Gasteiger partial charge >= 0.3 is 0 Å². The Balaban J connectivity index is 0. The third-order valence-corrected chi connectivity index (χ3v) is 2.79. The minimum atomic E-state index is 0.359. The molecule has 1 aromatic rings. The number of pyridine rings is 1. The van der Waals surface area contributed by atoms with Crippen LogP contribution in [0.3, 0.4) is 0 Å². The largest absolute Gasteiger partial charge is 0.264 e. The Bertz CT molecular complexity index is 399. The molecule has 0 amide bonds. The number of allylic oxidation sites excluding steroid dienone is 5. The molecule has 0 fully saturated rings. The van der Waals surface area contributed by atoms with Crippen LogP contribution < -0.4 is 0 Å². The number of aromatic nitrogens is 1. The van der Waals surface area contributed by atoms with Gasteiger partial charge in [-0.1, -0.05) is 78.5 Å². The Morgan fingerprint density at radius 3 is 2.19 bits per heavy atom. The lowest BCUT2D eigenvalue weighted by molar-refractivity contribution is 0.561. The normalized spacial score (nSPS) is 12.1. The molecule has 21 heavy (non-hydrogen) atoms. The minimum Gasteiger partial charge on any atom is -0.264 e. The molecule has 0 N–H and O–H groups in total. The number of rotatable bonds is 5. The fraction of sp³-hybridized carbons (Fsp3) is 0.450. The molecule has 0 aromatic carbocycles. The summed E-state index contributed by atoms with van der Waals surface area (Å²) < 4.78 is 0. The standard InChI is InChI=1S/C16H21N.2C2H6/c1-5-7-9-14(6-2)16(13(3)4)15-10-8-11-17-12-15;2*1-2/h5-13,16H,2H2,1,3-4H3;2*1-2H3/b7-5-,14-9+;;. The first-order valence-electron chi connectivity index (χ1n) is 8.06. The van der Waals surface area contributed by atoms with Gasteiger partial charge in [-0.05, 0) is 30.0 Å². The predicted octanol–water partition coefficient (Wildman–Crippen LogP) is 6.56. The van der Waals surface area contributed by atoms with E-state index in [-0.39, 0.29) is 0 Å². The van der Waals surface area contributed by atoms with Crippen LogP contribution in [0.5, 0.6) is 0 Å². The Kier molecular flexibility index (Phi) is 15.2. The maximum Gasteiger partial charge on any atom is 0.0306 e. The summed E-state index contributed by atoms with van der Waals surface area (Å²) in [6, 6.07) is 4.12. The maximum absolute atomic E-state index is 4.21. The van der Waals surface area contributed by atoms with Crippen LogP contribution >= 0.6 is 0 Å². The molecule has 1 rings (SSSR count). The summed E-state index contributed by atoms with van der Waals surface area (Å²) in [5.74, 6) is 0.881. The Hall–Kier alpha value is -1.63. The van der Waals surface area contributed by atoms with Crippen LogP contribution in [0, 0.1) is 5.92 Å². The number of hydrogen-bond acceptors (Lipinski definition) is 1. The highest BCUT2D eigenvalue weighted by Crippen LogP contribution is 2.31. The van der Waals surface area contributed by atoms with Crippen molar-refractivity contribution in [1.29, 1.82) is 0 Å². The summed E-state index contributed by atoms with van der Waals surface area (Å²) in [5.41, 5.74) is 2.49. The molecule has 0 aliphatic carbocycles. The quantitative estimate of drug-likeness (QED) is 0.559. The van der Waals surface area contributed by atoms with Gasteiger partial charge in [-0.3, -0.25) is 4.98 Å². The molecule has 0 bridgehead atoms. The van der Waals surface area contributed by atoms with E-state index >= 15 is 0 Å². The Morgan fingerprint density at radius 1 is 1.19 bits per heavy atom. The second-order valence-corrected chi connectivity index (χ2v) is 4.40. The molecule has 0 radical (unpaired) electrons. The van der Waals surface area contributed by atoms with Gasteiger partial charge in [-0.25, -0.2) is 0 Å². The summed E-state index contributed by atoms with van der Waals surface area (Å²) in [6.45, 7) is 18.4. The zero-order chi connectivity index (χ0) is 16.7. The number of hydrogen-bond donors (Lipinski definition) is 0. The molecule has 0 aliphatic rings. The average Bonchev–Trinajstić information content (AvgIpc) is 2.55. The van der Waals surface area contributed by atoms with E-state index in [2.05, 4.69) is 43.6 Å². The molecule has 1 nitrogen and oxygen atoms in total. The van der Waals surface area contributed by atoms with E-state index in [1.54, 1.807) is 0 Å². The van der Waals surface area contributed by atoms with Crippen molar-refractivity contribution < 1.29 is 0 Å². The summed E-state index contributed by atoms with van der Waals surface area (Å²) in [4.78, 5) is 4.21. The van der Waals surface area contributed by atoms with Crippen molar-refractivity contribution in [3.8, 4) is 0 Å². The molecular formula is C20H33N. The predicted molar refractivity (Wildman–Crippen MR) is 97.6 cm³/mol. The van der Waals surface area contributed by atoms with Gasteiger partial charge in [-0.15, -0.1) is 0 Å². The van der Waals surface area contributed by atoms with Crippen LogP contribution in [-0.2, 0) is 0 Å².